The van der Waals surface area contributed by atoms with Crippen LogP contribution in [0.4, 0.5) is 0 Å². The van der Waals surface area contributed by atoms with Crippen molar-refractivity contribution in [2.24, 2.45) is 0 Å². The predicted octanol–water partition coefficient (Wildman–Crippen LogP) is 3.54. The summed E-state index contributed by atoms with van der Waals surface area (Å²) in [6.45, 7) is 0.691. The summed E-state index contributed by atoms with van der Waals surface area (Å²) in [7, 11) is 1.65. The van der Waals surface area contributed by atoms with Gasteiger partial charge in [-0.05, 0) is 36.2 Å². The molecule has 2 rings (SSSR count). The molecule has 2 aromatic rings. The zero-order valence-corrected chi connectivity index (χ0v) is 13.6. The lowest BCUT2D eigenvalue weighted by molar-refractivity contribution is -0.120. The quantitative estimate of drug-likeness (QED) is 0.598. The summed E-state index contributed by atoms with van der Waals surface area (Å²) in [4.78, 5) is 13.1. The van der Waals surface area contributed by atoms with E-state index in [9.17, 15) is 4.79 Å². The van der Waals surface area contributed by atoms with Crippen molar-refractivity contribution >= 4 is 17.7 Å². The van der Waals surface area contributed by atoms with Crippen molar-refractivity contribution in [3.05, 3.63) is 60.2 Å². The molecular weight excluding hydrogens is 294 g/mol. The molecule has 0 unspecified atom stereocenters. The Morgan fingerprint density at radius 1 is 1.14 bits per heavy atom. The molecular formula is C18H21NO2S. The smallest absolute Gasteiger partial charge is 0.220 e. The van der Waals surface area contributed by atoms with E-state index in [2.05, 4.69) is 17.4 Å². The van der Waals surface area contributed by atoms with Crippen LogP contribution in [0.5, 0.6) is 5.75 Å². The lowest BCUT2D eigenvalue weighted by Crippen LogP contribution is -2.25. The van der Waals surface area contributed by atoms with Crippen molar-refractivity contribution in [1.82, 2.24) is 5.32 Å². The van der Waals surface area contributed by atoms with Crippen molar-refractivity contribution in [3.63, 3.8) is 0 Å². The molecule has 0 saturated carbocycles. The molecule has 0 heterocycles. The first-order valence-corrected chi connectivity index (χ1v) is 8.34. The minimum Gasteiger partial charge on any atom is -0.497 e. The molecule has 0 spiro atoms. The number of aryl methyl sites for hydroxylation is 1. The van der Waals surface area contributed by atoms with Gasteiger partial charge in [-0.15, -0.1) is 11.8 Å². The Morgan fingerprint density at radius 3 is 2.73 bits per heavy atom. The maximum absolute atomic E-state index is 11.8. The van der Waals surface area contributed by atoms with E-state index in [4.69, 9.17) is 4.74 Å². The molecule has 0 aromatic heterocycles. The number of carbonyl (C=O) groups excluding carboxylic acids is 1. The molecule has 22 heavy (non-hydrogen) atoms. The fourth-order valence-electron chi connectivity index (χ4n) is 2.05. The van der Waals surface area contributed by atoms with E-state index >= 15 is 0 Å². The van der Waals surface area contributed by atoms with Gasteiger partial charge in [-0.25, -0.2) is 0 Å². The summed E-state index contributed by atoms with van der Waals surface area (Å²) in [6.07, 6.45) is 1.23. The third-order valence-corrected chi connectivity index (χ3v) is 4.22. The van der Waals surface area contributed by atoms with Crippen LogP contribution in [0, 0.1) is 0 Å². The van der Waals surface area contributed by atoms with E-state index in [1.54, 1.807) is 18.9 Å². The Labute approximate surface area is 136 Å². The number of hydrogen-bond acceptors (Lipinski definition) is 3. The summed E-state index contributed by atoms with van der Waals surface area (Å²) in [6, 6.07) is 18.0. The van der Waals surface area contributed by atoms with Gasteiger partial charge in [0.2, 0.25) is 5.91 Å². The number of amides is 1. The molecule has 1 N–H and O–H groups in total. The number of thioether (sulfide) groups is 1. The lowest BCUT2D eigenvalue weighted by Gasteiger charge is -2.06. The van der Waals surface area contributed by atoms with Crippen molar-refractivity contribution in [3.8, 4) is 5.75 Å². The highest BCUT2D eigenvalue weighted by atomic mass is 32.2. The molecule has 0 saturated heterocycles. The predicted molar refractivity (Wildman–Crippen MR) is 91.5 cm³/mol. The Hall–Kier alpha value is -1.94. The zero-order chi connectivity index (χ0) is 15.6. The normalized spacial score (nSPS) is 10.2. The second kappa shape index (κ2) is 9.15. The number of carbonyl (C=O) groups is 1. The van der Waals surface area contributed by atoms with Crippen molar-refractivity contribution in [2.75, 3.05) is 19.4 Å². The highest BCUT2D eigenvalue weighted by Gasteiger charge is 2.03. The van der Waals surface area contributed by atoms with Gasteiger partial charge >= 0.3 is 0 Å². The minimum absolute atomic E-state index is 0.0940. The van der Waals surface area contributed by atoms with E-state index in [0.717, 1.165) is 23.5 Å². The average Bonchev–Trinajstić information content (AvgIpc) is 2.58. The first kappa shape index (κ1) is 16.4. The van der Waals surface area contributed by atoms with Crippen molar-refractivity contribution in [1.29, 1.82) is 0 Å². The molecule has 3 nitrogen and oxygen atoms in total. The van der Waals surface area contributed by atoms with E-state index in [1.165, 1.54) is 4.90 Å². The van der Waals surface area contributed by atoms with Gasteiger partial charge in [0.1, 0.15) is 5.75 Å². The minimum atomic E-state index is 0.0940. The maximum Gasteiger partial charge on any atom is 0.220 e. The second-order valence-corrected chi connectivity index (χ2v) is 6.03. The molecule has 0 aliphatic carbocycles. The van der Waals surface area contributed by atoms with Crippen LogP contribution >= 0.6 is 11.8 Å². The van der Waals surface area contributed by atoms with Crippen LogP contribution in [0.25, 0.3) is 0 Å². The second-order valence-electron chi connectivity index (χ2n) is 4.86. The van der Waals surface area contributed by atoms with Crippen LogP contribution in [-0.2, 0) is 11.2 Å². The summed E-state index contributed by atoms with van der Waals surface area (Å²) in [5, 5.41) is 2.96. The van der Waals surface area contributed by atoms with Gasteiger partial charge < -0.3 is 10.1 Å². The molecule has 1 amide bonds. The molecule has 0 radical (unpaired) electrons. The van der Waals surface area contributed by atoms with E-state index in [1.807, 2.05) is 42.5 Å². The topological polar surface area (TPSA) is 38.3 Å². The van der Waals surface area contributed by atoms with E-state index < -0.39 is 0 Å². The SMILES string of the molecule is COc1cccc(CCC(=O)NCCSc2ccccc2)c1. The summed E-state index contributed by atoms with van der Waals surface area (Å²) in [5.74, 6) is 1.81. The first-order chi connectivity index (χ1) is 10.8. The van der Waals surface area contributed by atoms with E-state index in [-0.39, 0.29) is 5.91 Å². The van der Waals surface area contributed by atoms with Gasteiger partial charge in [0.15, 0.2) is 0 Å². The van der Waals surface area contributed by atoms with Gasteiger partial charge in [-0.2, -0.15) is 0 Å². The van der Waals surface area contributed by atoms with Gasteiger partial charge in [-0.3, -0.25) is 4.79 Å². The fourth-order valence-corrected chi connectivity index (χ4v) is 2.84. The molecule has 0 aliphatic rings. The van der Waals surface area contributed by atoms with Gasteiger partial charge in [-0.1, -0.05) is 30.3 Å². The third-order valence-electron chi connectivity index (χ3n) is 3.21. The molecule has 0 bridgehead atoms. The third kappa shape index (κ3) is 5.82. The Kier molecular flexibility index (Phi) is 6.84. The average molecular weight is 315 g/mol. The van der Waals surface area contributed by atoms with Crippen LogP contribution in [0.2, 0.25) is 0 Å². The number of methoxy groups -OCH3 is 1. The standard InChI is InChI=1S/C18H21NO2S/c1-21-16-7-5-6-15(14-16)10-11-18(20)19-12-13-22-17-8-3-2-4-9-17/h2-9,14H,10-13H2,1H3,(H,19,20). The van der Waals surface area contributed by atoms with Gasteiger partial charge in [0.05, 0.1) is 7.11 Å². The van der Waals surface area contributed by atoms with Crippen LogP contribution in [0.1, 0.15) is 12.0 Å². The Morgan fingerprint density at radius 2 is 1.95 bits per heavy atom. The molecule has 4 heteroatoms. The molecule has 0 aliphatic heterocycles. The molecule has 0 atom stereocenters. The molecule has 0 fully saturated rings. The maximum atomic E-state index is 11.8. The highest BCUT2D eigenvalue weighted by molar-refractivity contribution is 7.99. The zero-order valence-electron chi connectivity index (χ0n) is 12.7. The summed E-state index contributed by atoms with van der Waals surface area (Å²) < 4.78 is 5.18. The Balaban J connectivity index is 1.63. The largest absolute Gasteiger partial charge is 0.497 e. The highest BCUT2D eigenvalue weighted by Crippen LogP contribution is 2.16. The van der Waals surface area contributed by atoms with Crippen molar-refractivity contribution < 1.29 is 9.53 Å². The number of benzene rings is 2. The lowest BCUT2D eigenvalue weighted by atomic mass is 10.1. The molecule has 2 aromatic carbocycles. The van der Waals surface area contributed by atoms with Gasteiger partial charge in [0.25, 0.3) is 0 Å². The molecule has 116 valence electrons. The van der Waals surface area contributed by atoms with Crippen LogP contribution in [0.15, 0.2) is 59.5 Å². The summed E-state index contributed by atoms with van der Waals surface area (Å²) >= 11 is 1.75. The van der Waals surface area contributed by atoms with E-state index in [0.29, 0.717) is 13.0 Å². The van der Waals surface area contributed by atoms with Crippen LogP contribution < -0.4 is 10.1 Å². The fraction of sp³-hybridized carbons (Fsp3) is 0.278. The number of hydrogen-bond donors (Lipinski definition) is 1. The van der Waals surface area contributed by atoms with Gasteiger partial charge in [0, 0.05) is 23.6 Å². The van der Waals surface area contributed by atoms with Crippen LogP contribution in [-0.4, -0.2) is 25.3 Å². The Bertz CT molecular complexity index is 587. The number of nitrogens with one attached hydrogen (secondary N) is 1. The van der Waals surface area contributed by atoms with Crippen molar-refractivity contribution in [2.45, 2.75) is 17.7 Å². The summed E-state index contributed by atoms with van der Waals surface area (Å²) in [5.41, 5.74) is 1.12. The van der Waals surface area contributed by atoms with Crippen LogP contribution in [0.3, 0.4) is 0 Å². The first-order valence-electron chi connectivity index (χ1n) is 7.35. The number of rotatable bonds is 8. The number of ether oxygens (including phenoxy) is 1. The monoisotopic (exact) mass is 315 g/mol.